The Hall–Kier alpha value is -0.150. The molecule has 0 heterocycles. The molecule has 0 rings (SSSR count). The molecule has 0 saturated carbocycles. The van der Waals surface area contributed by atoms with Gasteiger partial charge < -0.3 is 14.2 Å². The lowest BCUT2D eigenvalue weighted by atomic mass is 10.5. The van der Waals surface area contributed by atoms with Gasteiger partial charge in [-0.1, -0.05) is 6.08 Å². The summed E-state index contributed by atoms with van der Waals surface area (Å²) in [5.41, 5.74) is 0. The van der Waals surface area contributed by atoms with Crippen LogP contribution < -0.4 is 0 Å². The van der Waals surface area contributed by atoms with Gasteiger partial charge in [-0.05, 0) is 20.3 Å². The fraction of sp³-hybridized carbons (Fsp3) is 0.750. The Bertz CT molecular complexity index is 181. The average Bonchev–Trinajstić information content (AvgIpc) is 2.05. The van der Waals surface area contributed by atoms with Crippen molar-refractivity contribution in [2.45, 2.75) is 20.3 Å². The zero-order valence-electron chi connectivity index (χ0n) is 8.10. The predicted molar refractivity (Wildman–Crippen MR) is 51.7 cm³/mol. The lowest BCUT2D eigenvalue weighted by molar-refractivity contribution is 0.228. The summed E-state index contributed by atoms with van der Waals surface area (Å²) < 4.78 is 21.6. The standard InChI is InChI=1S/C8H17O4P/c1-3-11-13(10,12-4-2)8-6-5-7-9/h6,8-9H,3-5,7H2,1-2H3/b8-6-. The summed E-state index contributed by atoms with van der Waals surface area (Å²) in [5.74, 6) is 1.40. The highest BCUT2D eigenvalue weighted by atomic mass is 31.2. The van der Waals surface area contributed by atoms with Gasteiger partial charge in [0, 0.05) is 12.4 Å². The highest BCUT2D eigenvalue weighted by molar-refractivity contribution is 7.57. The second kappa shape index (κ2) is 7.27. The molecule has 0 aromatic rings. The van der Waals surface area contributed by atoms with Gasteiger partial charge in [0.25, 0.3) is 0 Å². The van der Waals surface area contributed by atoms with Gasteiger partial charge in [0.05, 0.1) is 13.2 Å². The van der Waals surface area contributed by atoms with E-state index < -0.39 is 7.60 Å². The fourth-order valence-electron chi connectivity index (χ4n) is 0.761. The smallest absolute Gasteiger partial charge is 0.353 e. The lowest BCUT2D eigenvalue weighted by Crippen LogP contribution is -1.92. The third-order valence-corrected chi connectivity index (χ3v) is 3.01. The van der Waals surface area contributed by atoms with Crippen LogP contribution in [0.25, 0.3) is 0 Å². The van der Waals surface area contributed by atoms with Crippen molar-refractivity contribution in [3.8, 4) is 0 Å². The summed E-state index contributed by atoms with van der Waals surface area (Å²) in [6.45, 7) is 4.24. The van der Waals surface area contributed by atoms with Crippen molar-refractivity contribution in [3.63, 3.8) is 0 Å². The minimum absolute atomic E-state index is 0.0365. The molecule has 5 heteroatoms. The molecule has 0 fully saturated rings. The molecule has 0 aromatic carbocycles. The van der Waals surface area contributed by atoms with Gasteiger partial charge in [0.15, 0.2) is 0 Å². The first-order chi connectivity index (χ1) is 6.18. The molecule has 0 unspecified atom stereocenters. The van der Waals surface area contributed by atoms with Gasteiger partial charge in [-0.3, -0.25) is 4.57 Å². The molecule has 0 aliphatic rings. The summed E-state index contributed by atoms with van der Waals surface area (Å²) in [7, 11) is -3.04. The van der Waals surface area contributed by atoms with Crippen LogP contribution in [0.15, 0.2) is 11.9 Å². The van der Waals surface area contributed by atoms with Gasteiger partial charge in [-0.25, -0.2) is 0 Å². The molecule has 0 radical (unpaired) electrons. The van der Waals surface area contributed by atoms with Crippen LogP contribution in [-0.2, 0) is 13.6 Å². The second-order valence-electron chi connectivity index (χ2n) is 2.27. The molecule has 0 saturated heterocycles. The van der Waals surface area contributed by atoms with Crippen molar-refractivity contribution >= 4 is 7.60 Å². The Kier molecular flexibility index (Phi) is 7.19. The highest BCUT2D eigenvalue weighted by Gasteiger charge is 2.18. The molecule has 0 aromatic heterocycles. The minimum Gasteiger partial charge on any atom is -0.396 e. The van der Waals surface area contributed by atoms with Crippen LogP contribution >= 0.6 is 7.60 Å². The molecule has 1 N–H and O–H groups in total. The Morgan fingerprint density at radius 1 is 1.31 bits per heavy atom. The van der Waals surface area contributed by atoms with Crippen molar-refractivity contribution < 1.29 is 18.7 Å². The predicted octanol–water partition coefficient (Wildman–Crippen LogP) is 2.15. The quantitative estimate of drug-likeness (QED) is 0.651. The maximum atomic E-state index is 11.7. The maximum Gasteiger partial charge on any atom is 0.353 e. The Labute approximate surface area is 79.1 Å². The van der Waals surface area contributed by atoms with E-state index in [0.717, 1.165) is 0 Å². The van der Waals surface area contributed by atoms with E-state index in [1.54, 1.807) is 19.9 Å². The van der Waals surface area contributed by atoms with Crippen LogP contribution in [0, 0.1) is 0 Å². The van der Waals surface area contributed by atoms with E-state index in [1.807, 2.05) is 0 Å². The Morgan fingerprint density at radius 2 is 1.85 bits per heavy atom. The molecular weight excluding hydrogens is 191 g/mol. The van der Waals surface area contributed by atoms with E-state index in [0.29, 0.717) is 19.6 Å². The van der Waals surface area contributed by atoms with Crippen LogP contribution in [0.5, 0.6) is 0 Å². The van der Waals surface area contributed by atoms with E-state index in [2.05, 4.69) is 0 Å². The normalized spacial score (nSPS) is 12.5. The molecule has 0 aliphatic carbocycles. The molecule has 13 heavy (non-hydrogen) atoms. The summed E-state index contributed by atoms with van der Waals surface area (Å²) in [6.07, 6.45) is 2.07. The van der Waals surface area contributed by atoms with Crippen LogP contribution in [0.3, 0.4) is 0 Å². The van der Waals surface area contributed by atoms with Gasteiger partial charge >= 0.3 is 7.60 Å². The number of aliphatic hydroxyl groups excluding tert-OH is 1. The van der Waals surface area contributed by atoms with Crippen LogP contribution in [0.2, 0.25) is 0 Å². The fourth-order valence-corrected chi connectivity index (χ4v) is 2.14. The van der Waals surface area contributed by atoms with Crippen molar-refractivity contribution in [2.24, 2.45) is 0 Å². The van der Waals surface area contributed by atoms with Crippen LogP contribution in [0.1, 0.15) is 20.3 Å². The van der Waals surface area contributed by atoms with Crippen molar-refractivity contribution in [3.05, 3.63) is 11.9 Å². The Balaban J connectivity index is 4.14. The van der Waals surface area contributed by atoms with Gasteiger partial charge in [0.1, 0.15) is 0 Å². The van der Waals surface area contributed by atoms with Gasteiger partial charge in [-0.15, -0.1) is 0 Å². The summed E-state index contributed by atoms with van der Waals surface area (Å²) in [6, 6.07) is 0. The van der Waals surface area contributed by atoms with E-state index >= 15 is 0 Å². The van der Waals surface area contributed by atoms with E-state index in [1.165, 1.54) is 5.82 Å². The molecular formula is C8H17O4P. The SMILES string of the molecule is CCOP(=O)(/C=C\CCO)OCC. The van der Waals surface area contributed by atoms with Gasteiger partial charge in [0.2, 0.25) is 0 Å². The topological polar surface area (TPSA) is 55.8 Å². The van der Waals surface area contributed by atoms with Crippen LogP contribution in [0.4, 0.5) is 0 Å². The third kappa shape index (κ3) is 5.99. The monoisotopic (exact) mass is 208 g/mol. The first-order valence-electron chi connectivity index (χ1n) is 4.36. The van der Waals surface area contributed by atoms with E-state index in [9.17, 15) is 4.57 Å². The molecule has 78 valence electrons. The first-order valence-corrected chi connectivity index (χ1v) is 5.97. The Morgan fingerprint density at radius 3 is 2.23 bits per heavy atom. The number of rotatable bonds is 7. The summed E-state index contributed by atoms with van der Waals surface area (Å²) in [4.78, 5) is 0. The number of hydrogen-bond donors (Lipinski definition) is 1. The lowest BCUT2D eigenvalue weighted by Gasteiger charge is -2.12. The number of hydrogen-bond acceptors (Lipinski definition) is 4. The maximum absolute atomic E-state index is 11.7. The molecule has 0 spiro atoms. The van der Waals surface area contributed by atoms with E-state index in [4.69, 9.17) is 14.2 Å². The summed E-state index contributed by atoms with van der Waals surface area (Å²) in [5, 5.41) is 8.50. The zero-order chi connectivity index (χ0) is 10.2. The second-order valence-corrected chi connectivity index (χ2v) is 4.17. The molecule has 4 nitrogen and oxygen atoms in total. The molecule has 0 amide bonds. The van der Waals surface area contributed by atoms with Crippen molar-refractivity contribution in [2.75, 3.05) is 19.8 Å². The zero-order valence-corrected chi connectivity index (χ0v) is 9.00. The first kappa shape index (κ1) is 12.8. The summed E-state index contributed by atoms with van der Waals surface area (Å²) >= 11 is 0. The van der Waals surface area contributed by atoms with Crippen LogP contribution in [-0.4, -0.2) is 24.9 Å². The average molecular weight is 208 g/mol. The molecule has 0 atom stereocenters. The molecule has 0 aliphatic heterocycles. The van der Waals surface area contributed by atoms with Crippen molar-refractivity contribution in [1.29, 1.82) is 0 Å². The third-order valence-electron chi connectivity index (χ3n) is 1.20. The largest absolute Gasteiger partial charge is 0.396 e. The minimum atomic E-state index is -3.04. The highest BCUT2D eigenvalue weighted by Crippen LogP contribution is 2.49. The van der Waals surface area contributed by atoms with Gasteiger partial charge in [-0.2, -0.15) is 0 Å². The number of aliphatic hydroxyl groups is 1. The molecule has 0 bridgehead atoms. The van der Waals surface area contributed by atoms with E-state index in [-0.39, 0.29) is 6.61 Å². The van der Waals surface area contributed by atoms with Crippen molar-refractivity contribution in [1.82, 2.24) is 0 Å².